The van der Waals surface area contributed by atoms with Crippen LogP contribution >= 0.6 is 11.6 Å². The lowest BCUT2D eigenvalue weighted by Gasteiger charge is -2.40. The van der Waals surface area contributed by atoms with Crippen molar-refractivity contribution in [3.8, 4) is 0 Å². The van der Waals surface area contributed by atoms with E-state index < -0.39 is 5.41 Å². The van der Waals surface area contributed by atoms with E-state index in [1.807, 2.05) is 37.3 Å². The molecule has 1 aliphatic heterocycles. The van der Waals surface area contributed by atoms with Gasteiger partial charge in [-0.05, 0) is 38.4 Å². The van der Waals surface area contributed by atoms with Crippen molar-refractivity contribution >= 4 is 17.6 Å². The minimum absolute atomic E-state index is 0.0864. The molecule has 0 radical (unpaired) electrons. The highest BCUT2D eigenvalue weighted by Crippen LogP contribution is 2.36. The number of alkyl halides is 1. The van der Waals surface area contributed by atoms with Gasteiger partial charge in [-0.2, -0.15) is 0 Å². The van der Waals surface area contributed by atoms with Gasteiger partial charge in [0.1, 0.15) is 0 Å². The first kappa shape index (κ1) is 15.3. The van der Waals surface area contributed by atoms with E-state index in [4.69, 9.17) is 16.3 Å². The van der Waals surface area contributed by atoms with Crippen LogP contribution < -0.4 is 0 Å². The number of nitrogens with zero attached hydrogens (tertiary/aromatic N) is 1. The second kappa shape index (κ2) is 7.09. The molecular formula is C16H22ClNO2. The van der Waals surface area contributed by atoms with Gasteiger partial charge in [-0.15, -0.1) is 11.6 Å². The largest absolute Gasteiger partial charge is 0.465 e. The molecule has 0 N–H and O–H groups in total. The lowest BCUT2D eigenvalue weighted by atomic mass is 9.72. The smallest absolute Gasteiger partial charge is 0.316 e. The van der Waals surface area contributed by atoms with Gasteiger partial charge in [0.15, 0.2) is 0 Å². The standard InChI is InChI=1S/C16H22ClNO2/c1-2-20-15(19)16(14-6-4-3-5-7-14)8-11-18(12-9-16)13-10-17/h3-7H,2,8-13H2,1H3. The van der Waals surface area contributed by atoms with E-state index in [1.54, 1.807) is 0 Å². The van der Waals surface area contributed by atoms with Crippen molar-refractivity contribution in [3.05, 3.63) is 35.9 Å². The molecule has 1 fully saturated rings. The summed E-state index contributed by atoms with van der Waals surface area (Å²) >= 11 is 5.80. The summed E-state index contributed by atoms with van der Waals surface area (Å²) in [6.07, 6.45) is 1.60. The molecule has 0 bridgehead atoms. The predicted octanol–water partition coefficient (Wildman–Crippen LogP) is 2.82. The minimum atomic E-state index is -0.486. The van der Waals surface area contributed by atoms with Crippen molar-refractivity contribution in [2.24, 2.45) is 0 Å². The zero-order valence-electron chi connectivity index (χ0n) is 12.0. The summed E-state index contributed by atoms with van der Waals surface area (Å²) in [6, 6.07) is 10.0. The number of carbonyl (C=O) groups excluding carboxylic acids is 1. The zero-order chi connectivity index (χ0) is 14.4. The fourth-order valence-electron chi connectivity index (χ4n) is 2.91. The number of hydrogen-bond donors (Lipinski definition) is 0. The molecule has 3 nitrogen and oxygen atoms in total. The first-order valence-electron chi connectivity index (χ1n) is 7.24. The summed E-state index contributed by atoms with van der Waals surface area (Å²) in [6.45, 7) is 4.95. The molecule has 0 aromatic heterocycles. The van der Waals surface area contributed by atoms with Gasteiger partial charge in [0.25, 0.3) is 0 Å². The topological polar surface area (TPSA) is 29.5 Å². The quantitative estimate of drug-likeness (QED) is 0.618. The molecule has 1 heterocycles. The van der Waals surface area contributed by atoms with Crippen LogP contribution in [-0.4, -0.2) is 43.0 Å². The van der Waals surface area contributed by atoms with Gasteiger partial charge in [-0.25, -0.2) is 0 Å². The van der Waals surface area contributed by atoms with Gasteiger partial charge in [0, 0.05) is 12.4 Å². The van der Waals surface area contributed by atoms with Gasteiger partial charge in [-0.1, -0.05) is 30.3 Å². The highest BCUT2D eigenvalue weighted by Gasteiger charge is 2.43. The molecule has 1 aromatic carbocycles. The molecule has 4 heteroatoms. The molecule has 1 aliphatic rings. The van der Waals surface area contributed by atoms with E-state index in [-0.39, 0.29) is 5.97 Å². The lowest BCUT2D eigenvalue weighted by Crippen LogP contribution is -2.48. The maximum absolute atomic E-state index is 12.5. The Morgan fingerprint density at radius 3 is 2.50 bits per heavy atom. The number of carbonyl (C=O) groups is 1. The zero-order valence-corrected chi connectivity index (χ0v) is 12.7. The summed E-state index contributed by atoms with van der Waals surface area (Å²) < 4.78 is 5.35. The Hall–Kier alpha value is -1.06. The third-order valence-electron chi connectivity index (χ3n) is 4.10. The monoisotopic (exact) mass is 295 g/mol. The average molecular weight is 296 g/mol. The van der Waals surface area contributed by atoms with Gasteiger partial charge in [0.2, 0.25) is 0 Å². The van der Waals surface area contributed by atoms with Crippen molar-refractivity contribution in [3.63, 3.8) is 0 Å². The average Bonchev–Trinajstić information content (AvgIpc) is 2.49. The SMILES string of the molecule is CCOC(=O)C1(c2ccccc2)CCN(CCCl)CC1. The highest BCUT2D eigenvalue weighted by atomic mass is 35.5. The van der Waals surface area contributed by atoms with Crippen LogP contribution in [0.3, 0.4) is 0 Å². The summed E-state index contributed by atoms with van der Waals surface area (Å²) in [5.41, 5.74) is 0.587. The fraction of sp³-hybridized carbons (Fsp3) is 0.562. The second-order valence-electron chi connectivity index (χ2n) is 5.20. The van der Waals surface area contributed by atoms with Crippen molar-refractivity contribution in [1.82, 2.24) is 4.90 Å². The van der Waals surface area contributed by atoms with Crippen LogP contribution in [0.15, 0.2) is 30.3 Å². The van der Waals surface area contributed by atoms with Crippen LogP contribution in [0.1, 0.15) is 25.3 Å². The van der Waals surface area contributed by atoms with Gasteiger partial charge in [-0.3, -0.25) is 4.79 Å². The lowest BCUT2D eigenvalue weighted by molar-refractivity contribution is -0.152. The van der Waals surface area contributed by atoms with E-state index in [1.165, 1.54) is 0 Å². The molecule has 0 saturated carbocycles. The van der Waals surface area contributed by atoms with Crippen molar-refractivity contribution < 1.29 is 9.53 Å². The maximum Gasteiger partial charge on any atom is 0.316 e. The summed E-state index contributed by atoms with van der Waals surface area (Å²) in [7, 11) is 0. The Kier molecular flexibility index (Phi) is 5.44. The fourth-order valence-corrected chi connectivity index (χ4v) is 3.15. The highest BCUT2D eigenvalue weighted by molar-refractivity contribution is 6.18. The third-order valence-corrected chi connectivity index (χ3v) is 4.27. The molecule has 110 valence electrons. The van der Waals surface area contributed by atoms with Crippen LogP contribution in [0, 0.1) is 0 Å². The van der Waals surface area contributed by atoms with E-state index in [9.17, 15) is 4.79 Å². The Morgan fingerprint density at radius 2 is 1.95 bits per heavy atom. The normalized spacial score (nSPS) is 18.7. The molecule has 0 atom stereocenters. The van der Waals surface area contributed by atoms with Crippen LogP contribution in [0.5, 0.6) is 0 Å². The third kappa shape index (κ3) is 3.15. The number of halogens is 1. The molecule has 0 aliphatic carbocycles. The summed E-state index contributed by atoms with van der Waals surface area (Å²) in [5, 5.41) is 0. The van der Waals surface area contributed by atoms with Gasteiger partial charge < -0.3 is 9.64 Å². The Morgan fingerprint density at radius 1 is 1.30 bits per heavy atom. The Bertz CT molecular complexity index is 427. The molecule has 2 rings (SSSR count). The number of likely N-dealkylation sites (tertiary alicyclic amines) is 1. The van der Waals surface area contributed by atoms with E-state index in [2.05, 4.69) is 4.90 Å². The van der Waals surface area contributed by atoms with E-state index in [0.717, 1.165) is 38.0 Å². The number of esters is 1. The summed E-state index contributed by atoms with van der Waals surface area (Å²) in [5.74, 6) is 0.550. The molecule has 1 aromatic rings. The number of rotatable bonds is 5. The van der Waals surface area contributed by atoms with Gasteiger partial charge >= 0.3 is 5.97 Å². The first-order chi connectivity index (χ1) is 9.73. The van der Waals surface area contributed by atoms with Crippen molar-refractivity contribution in [2.45, 2.75) is 25.2 Å². The van der Waals surface area contributed by atoms with Crippen LogP contribution in [0.25, 0.3) is 0 Å². The minimum Gasteiger partial charge on any atom is -0.465 e. The molecule has 1 saturated heterocycles. The van der Waals surface area contributed by atoms with Crippen molar-refractivity contribution in [2.75, 3.05) is 32.1 Å². The maximum atomic E-state index is 12.5. The van der Waals surface area contributed by atoms with Crippen LogP contribution in [0.4, 0.5) is 0 Å². The van der Waals surface area contributed by atoms with Crippen molar-refractivity contribution in [1.29, 1.82) is 0 Å². The molecule has 20 heavy (non-hydrogen) atoms. The first-order valence-corrected chi connectivity index (χ1v) is 7.77. The second-order valence-corrected chi connectivity index (χ2v) is 5.58. The molecule has 0 unspecified atom stereocenters. The van der Waals surface area contributed by atoms with Crippen LogP contribution in [-0.2, 0) is 14.9 Å². The molecular weight excluding hydrogens is 274 g/mol. The van der Waals surface area contributed by atoms with E-state index in [0.29, 0.717) is 12.5 Å². The molecule has 0 spiro atoms. The number of hydrogen-bond acceptors (Lipinski definition) is 3. The number of piperidine rings is 1. The van der Waals surface area contributed by atoms with Gasteiger partial charge in [0.05, 0.1) is 12.0 Å². The predicted molar refractivity (Wildman–Crippen MR) is 81.1 cm³/mol. The van der Waals surface area contributed by atoms with Crippen LogP contribution in [0.2, 0.25) is 0 Å². The summed E-state index contributed by atoms with van der Waals surface area (Å²) in [4.78, 5) is 14.8. The molecule has 0 amide bonds. The Balaban J connectivity index is 2.21. The number of benzene rings is 1. The van der Waals surface area contributed by atoms with E-state index >= 15 is 0 Å². The Labute approximate surface area is 125 Å². The number of ether oxygens (including phenoxy) is 1.